The molecule has 0 bridgehead atoms. The van der Waals surface area contributed by atoms with Gasteiger partial charge in [0.25, 0.3) is 5.56 Å². The third-order valence-corrected chi connectivity index (χ3v) is 5.11. The summed E-state index contributed by atoms with van der Waals surface area (Å²) in [5.74, 6) is 1.35. The average Bonchev–Trinajstić information content (AvgIpc) is 2.67. The smallest absolute Gasteiger partial charge is 0.282 e. The zero-order valence-electron chi connectivity index (χ0n) is 17.4. The summed E-state index contributed by atoms with van der Waals surface area (Å²) in [5.41, 5.74) is 0.923. The van der Waals surface area contributed by atoms with Crippen LogP contribution in [0, 0.1) is 0 Å². The number of ether oxygens (including phenoxy) is 1. The fourth-order valence-corrected chi connectivity index (χ4v) is 3.22. The Kier molecular flexibility index (Phi) is 6.22. The van der Waals surface area contributed by atoms with Crippen LogP contribution in [0.3, 0.4) is 0 Å². The van der Waals surface area contributed by atoms with Crippen LogP contribution in [0.25, 0.3) is 10.9 Å². The topological polar surface area (TPSA) is 56.5 Å². The van der Waals surface area contributed by atoms with Gasteiger partial charge in [-0.3, -0.25) is 4.79 Å². The van der Waals surface area contributed by atoms with E-state index in [2.05, 4.69) is 28.0 Å². The number of aromatic nitrogens is 2. The van der Waals surface area contributed by atoms with Crippen LogP contribution in [0.1, 0.15) is 52.4 Å². The van der Waals surface area contributed by atoms with Crippen molar-refractivity contribution in [1.29, 1.82) is 0 Å². The minimum Gasteiger partial charge on any atom is -0.490 e. The molecule has 0 saturated heterocycles. The second kappa shape index (κ2) is 8.49. The van der Waals surface area contributed by atoms with E-state index in [0.717, 1.165) is 22.2 Å². The first-order valence-corrected chi connectivity index (χ1v) is 10.5. The number of para-hydroxylation sites is 1. The fraction of sp³-hybridized carbons (Fsp3) is 0.348. The predicted molar refractivity (Wildman–Crippen MR) is 122 cm³/mol. The summed E-state index contributed by atoms with van der Waals surface area (Å²) in [7, 11) is 0. The first-order valence-electron chi connectivity index (χ1n) is 9.73. The Morgan fingerprint density at radius 3 is 2.66 bits per heavy atom. The number of halogens is 1. The number of rotatable bonds is 5. The Balaban J connectivity index is 2.15. The molecule has 152 valence electrons. The van der Waals surface area contributed by atoms with Gasteiger partial charge in [-0.1, -0.05) is 55.8 Å². The van der Waals surface area contributed by atoms with Crippen molar-refractivity contribution in [2.75, 3.05) is 0 Å². The molecule has 0 spiro atoms. The SMILES string of the molecule is CC[C@@H](C)Oc1ccccc1C=Nn1c(C(C)(C)C)nc2ccc(Br)cc2c1=O. The third-order valence-electron chi connectivity index (χ3n) is 4.61. The maximum absolute atomic E-state index is 13.2. The van der Waals surface area contributed by atoms with Crippen LogP contribution < -0.4 is 10.3 Å². The van der Waals surface area contributed by atoms with E-state index in [4.69, 9.17) is 9.72 Å². The quantitative estimate of drug-likeness (QED) is 0.476. The Morgan fingerprint density at radius 1 is 1.24 bits per heavy atom. The first-order chi connectivity index (χ1) is 13.7. The molecule has 0 aliphatic rings. The van der Waals surface area contributed by atoms with Crippen molar-refractivity contribution in [2.45, 2.75) is 52.6 Å². The molecule has 0 N–H and O–H groups in total. The molecule has 1 aromatic heterocycles. The minimum atomic E-state index is -0.357. The van der Waals surface area contributed by atoms with Crippen molar-refractivity contribution in [3.8, 4) is 5.75 Å². The van der Waals surface area contributed by atoms with E-state index in [1.165, 1.54) is 4.68 Å². The highest BCUT2D eigenvalue weighted by Gasteiger charge is 2.23. The van der Waals surface area contributed by atoms with Gasteiger partial charge >= 0.3 is 0 Å². The molecular weight excluding hydrogens is 430 g/mol. The number of benzene rings is 2. The van der Waals surface area contributed by atoms with Gasteiger partial charge in [0.15, 0.2) is 0 Å². The van der Waals surface area contributed by atoms with Crippen LogP contribution in [0.5, 0.6) is 5.75 Å². The summed E-state index contributed by atoms with van der Waals surface area (Å²) < 4.78 is 8.22. The zero-order valence-corrected chi connectivity index (χ0v) is 19.0. The summed E-state index contributed by atoms with van der Waals surface area (Å²) in [5, 5.41) is 5.06. The summed E-state index contributed by atoms with van der Waals surface area (Å²) in [6.07, 6.45) is 2.67. The van der Waals surface area contributed by atoms with Gasteiger partial charge < -0.3 is 4.74 Å². The number of nitrogens with zero attached hydrogens (tertiary/aromatic N) is 3. The van der Waals surface area contributed by atoms with Crippen LogP contribution in [0.4, 0.5) is 0 Å². The lowest BCUT2D eigenvalue weighted by atomic mass is 9.95. The maximum Gasteiger partial charge on any atom is 0.282 e. The predicted octanol–water partition coefficient (Wildman–Crippen LogP) is 5.52. The molecule has 1 atom stereocenters. The lowest BCUT2D eigenvalue weighted by Gasteiger charge is -2.21. The van der Waals surface area contributed by atoms with Gasteiger partial charge in [-0.05, 0) is 43.7 Å². The highest BCUT2D eigenvalue weighted by Crippen LogP contribution is 2.23. The fourth-order valence-electron chi connectivity index (χ4n) is 2.86. The van der Waals surface area contributed by atoms with E-state index < -0.39 is 0 Å². The molecule has 5 nitrogen and oxygen atoms in total. The van der Waals surface area contributed by atoms with E-state index in [-0.39, 0.29) is 17.1 Å². The lowest BCUT2D eigenvalue weighted by molar-refractivity contribution is 0.217. The van der Waals surface area contributed by atoms with Gasteiger partial charge in [0.05, 0.1) is 23.2 Å². The molecule has 0 aliphatic carbocycles. The molecule has 6 heteroatoms. The van der Waals surface area contributed by atoms with Crippen molar-refractivity contribution in [1.82, 2.24) is 9.66 Å². The summed E-state index contributed by atoms with van der Waals surface area (Å²) >= 11 is 3.43. The molecule has 3 rings (SSSR count). The third kappa shape index (κ3) is 4.75. The van der Waals surface area contributed by atoms with E-state index >= 15 is 0 Å². The van der Waals surface area contributed by atoms with Crippen molar-refractivity contribution in [2.24, 2.45) is 5.10 Å². The Morgan fingerprint density at radius 2 is 1.97 bits per heavy atom. The molecule has 0 radical (unpaired) electrons. The Hall–Kier alpha value is -2.47. The molecule has 0 fully saturated rings. The van der Waals surface area contributed by atoms with Crippen molar-refractivity contribution in [3.05, 3.63) is 68.7 Å². The number of hydrogen-bond donors (Lipinski definition) is 0. The van der Waals surface area contributed by atoms with Crippen molar-refractivity contribution >= 4 is 33.0 Å². The molecule has 0 aliphatic heterocycles. The van der Waals surface area contributed by atoms with Gasteiger partial charge in [-0.2, -0.15) is 9.78 Å². The first kappa shape index (κ1) is 21.2. The van der Waals surface area contributed by atoms with E-state index in [1.807, 2.05) is 64.1 Å². The Labute approximate surface area is 179 Å². The van der Waals surface area contributed by atoms with Gasteiger partial charge in [0.1, 0.15) is 11.6 Å². The van der Waals surface area contributed by atoms with Crippen LogP contribution in [0.2, 0.25) is 0 Å². The van der Waals surface area contributed by atoms with E-state index in [1.54, 1.807) is 12.3 Å². The minimum absolute atomic E-state index is 0.0945. The van der Waals surface area contributed by atoms with E-state index in [9.17, 15) is 4.79 Å². The van der Waals surface area contributed by atoms with Crippen molar-refractivity contribution < 1.29 is 4.74 Å². The molecule has 29 heavy (non-hydrogen) atoms. The second-order valence-corrected chi connectivity index (χ2v) is 9.00. The van der Waals surface area contributed by atoms with Gasteiger partial charge in [-0.15, -0.1) is 0 Å². The highest BCUT2D eigenvalue weighted by atomic mass is 79.9. The summed E-state index contributed by atoms with van der Waals surface area (Å²) in [6, 6.07) is 13.2. The number of fused-ring (bicyclic) bond motifs is 1. The monoisotopic (exact) mass is 455 g/mol. The van der Waals surface area contributed by atoms with Gasteiger partial charge in [0, 0.05) is 15.5 Å². The largest absolute Gasteiger partial charge is 0.490 e. The van der Waals surface area contributed by atoms with Gasteiger partial charge in [0.2, 0.25) is 0 Å². The Bertz CT molecular complexity index is 1110. The lowest BCUT2D eigenvalue weighted by Crippen LogP contribution is -2.29. The molecule has 3 aromatic rings. The summed E-state index contributed by atoms with van der Waals surface area (Å²) in [4.78, 5) is 18.0. The van der Waals surface area contributed by atoms with Crippen LogP contribution in [0.15, 0.2) is 56.8 Å². The van der Waals surface area contributed by atoms with Crippen LogP contribution in [-0.4, -0.2) is 22.0 Å². The van der Waals surface area contributed by atoms with Crippen molar-refractivity contribution in [3.63, 3.8) is 0 Å². The number of hydrogen-bond acceptors (Lipinski definition) is 4. The van der Waals surface area contributed by atoms with E-state index in [0.29, 0.717) is 16.7 Å². The van der Waals surface area contributed by atoms with Crippen LogP contribution in [-0.2, 0) is 5.41 Å². The molecule has 2 aromatic carbocycles. The summed E-state index contributed by atoms with van der Waals surface area (Å²) in [6.45, 7) is 10.2. The normalized spacial score (nSPS) is 13.2. The molecule has 1 heterocycles. The second-order valence-electron chi connectivity index (χ2n) is 8.08. The maximum atomic E-state index is 13.2. The molecule has 0 amide bonds. The standard InChI is InChI=1S/C23H26BrN3O2/c1-6-15(2)29-20-10-8-7-9-16(20)14-25-27-21(28)18-13-17(24)11-12-19(18)26-22(27)23(3,4)5/h7-15H,6H2,1-5H3/t15-/m1/s1. The molecule has 0 saturated carbocycles. The highest BCUT2D eigenvalue weighted by molar-refractivity contribution is 9.10. The molecular formula is C23H26BrN3O2. The molecule has 0 unspecified atom stereocenters. The van der Waals surface area contributed by atoms with Gasteiger partial charge in [-0.25, -0.2) is 4.98 Å². The zero-order chi connectivity index (χ0) is 21.2. The van der Waals surface area contributed by atoms with Crippen LogP contribution >= 0.6 is 15.9 Å². The average molecular weight is 456 g/mol.